The monoisotopic (exact) mass is 379 g/mol. The molecule has 2 heterocycles. The van der Waals surface area contributed by atoms with Gasteiger partial charge < -0.3 is 14.8 Å². The van der Waals surface area contributed by atoms with Crippen LogP contribution < -0.4 is 5.32 Å². The van der Waals surface area contributed by atoms with Gasteiger partial charge in [-0.25, -0.2) is 4.79 Å². The van der Waals surface area contributed by atoms with Gasteiger partial charge in [0.15, 0.2) is 6.61 Å². The molecule has 7 heteroatoms. The number of halogens is 1. The number of thiophene rings is 1. The molecule has 0 saturated carbocycles. The van der Waals surface area contributed by atoms with Crippen LogP contribution in [0.1, 0.15) is 22.5 Å². The maximum absolute atomic E-state index is 12.1. The lowest BCUT2D eigenvalue weighted by atomic mass is 10.2. The van der Waals surface area contributed by atoms with Crippen LogP contribution in [0.4, 0.5) is 0 Å². The summed E-state index contributed by atoms with van der Waals surface area (Å²) < 4.78 is 10.5. The number of rotatable bonds is 6. The maximum Gasteiger partial charge on any atom is 0.348 e. The molecule has 0 radical (unpaired) electrons. The van der Waals surface area contributed by atoms with Gasteiger partial charge in [-0.15, -0.1) is 11.3 Å². The van der Waals surface area contributed by atoms with Crippen LogP contribution in [0.3, 0.4) is 0 Å². The normalized spacial score (nSPS) is 16.6. The molecule has 132 valence electrons. The fourth-order valence-corrected chi connectivity index (χ4v) is 3.53. The van der Waals surface area contributed by atoms with Gasteiger partial charge in [-0.05, 0) is 42.7 Å². The first-order chi connectivity index (χ1) is 12.1. The highest BCUT2D eigenvalue weighted by atomic mass is 35.5. The van der Waals surface area contributed by atoms with Crippen molar-refractivity contribution in [2.75, 3.05) is 19.8 Å². The minimum absolute atomic E-state index is 0.0684. The number of nitrogens with one attached hydrogen (secondary N) is 1. The molecule has 1 N–H and O–H groups in total. The lowest BCUT2D eigenvalue weighted by Crippen LogP contribution is -2.34. The molecule has 0 unspecified atom stereocenters. The summed E-state index contributed by atoms with van der Waals surface area (Å²) in [6.45, 7) is 0.902. The van der Waals surface area contributed by atoms with Gasteiger partial charge in [-0.1, -0.05) is 23.7 Å². The molecular formula is C18H18ClNO4S. The zero-order chi connectivity index (χ0) is 17.6. The fourth-order valence-electron chi connectivity index (χ4n) is 2.50. The number of carbonyl (C=O) groups excluding carboxylic acids is 2. The third-order valence-electron chi connectivity index (χ3n) is 3.82. The van der Waals surface area contributed by atoms with E-state index in [1.165, 1.54) is 11.3 Å². The number of ether oxygens (including phenoxy) is 2. The van der Waals surface area contributed by atoms with Gasteiger partial charge in [-0.2, -0.15) is 0 Å². The quantitative estimate of drug-likeness (QED) is 0.780. The zero-order valence-corrected chi connectivity index (χ0v) is 15.1. The van der Waals surface area contributed by atoms with E-state index < -0.39 is 5.97 Å². The van der Waals surface area contributed by atoms with E-state index in [1.54, 1.807) is 18.2 Å². The fraction of sp³-hybridized carbons (Fsp3) is 0.333. The van der Waals surface area contributed by atoms with Crippen LogP contribution in [0, 0.1) is 0 Å². The van der Waals surface area contributed by atoms with Crippen molar-refractivity contribution in [2.45, 2.75) is 18.9 Å². The highest BCUT2D eigenvalue weighted by Gasteiger charge is 2.17. The van der Waals surface area contributed by atoms with Crippen LogP contribution in [0.15, 0.2) is 36.4 Å². The average molecular weight is 380 g/mol. The smallest absolute Gasteiger partial charge is 0.348 e. The first kappa shape index (κ1) is 17.9. The molecule has 1 aromatic heterocycles. The molecule has 25 heavy (non-hydrogen) atoms. The van der Waals surface area contributed by atoms with Crippen molar-refractivity contribution in [2.24, 2.45) is 0 Å². The highest BCUT2D eigenvalue weighted by molar-refractivity contribution is 7.17. The molecule has 1 aliphatic rings. The standard InChI is InChI=1S/C18H18ClNO4S/c19-13-5-3-12(4-6-13)15-7-8-16(25-15)18(22)24-11-17(21)20-10-14-2-1-9-23-14/h3-8,14H,1-2,9-11H2,(H,20,21)/t14-/m0/s1. The molecule has 1 atom stereocenters. The van der Waals surface area contributed by atoms with Crippen LogP contribution in [-0.2, 0) is 14.3 Å². The SMILES string of the molecule is O=C(COC(=O)c1ccc(-c2ccc(Cl)cc2)s1)NC[C@@H]1CCCO1. The molecule has 5 nitrogen and oxygen atoms in total. The molecule has 1 aromatic carbocycles. The van der Waals surface area contributed by atoms with Crippen molar-refractivity contribution in [3.8, 4) is 10.4 Å². The molecule has 0 bridgehead atoms. The largest absolute Gasteiger partial charge is 0.451 e. The van der Waals surface area contributed by atoms with Crippen molar-refractivity contribution in [3.05, 3.63) is 46.3 Å². The summed E-state index contributed by atoms with van der Waals surface area (Å²) in [5, 5.41) is 3.38. The Bertz CT molecular complexity index is 738. The zero-order valence-electron chi connectivity index (χ0n) is 13.5. The predicted molar refractivity (Wildman–Crippen MR) is 97.0 cm³/mol. The van der Waals surface area contributed by atoms with E-state index >= 15 is 0 Å². The van der Waals surface area contributed by atoms with Crippen molar-refractivity contribution < 1.29 is 19.1 Å². The van der Waals surface area contributed by atoms with E-state index in [0.29, 0.717) is 16.4 Å². The van der Waals surface area contributed by atoms with E-state index in [-0.39, 0.29) is 18.6 Å². The molecule has 2 aromatic rings. The summed E-state index contributed by atoms with van der Waals surface area (Å²) in [7, 11) is 0. The number of amides is 1. The van der Waals surface area contributed by atoms with E-state index in [9.17, 15) is 9.59 Å². The molecule has 0 spiro atoms. The molecule has 1 fully saturated rings. The average Bonchev–Trinajstić information content (AvgIpc) is 3.30. The lowest BCUT2D eigenvalue weighted by molar-refractivity contribution is -0.124. The Balaban J connectivity index is 1.48. The van der Waals surface area contributed by atoms with Gasteiger partial charge in [0.05, 0.1) is 6.10 Å². The third-order valence-corrected chi connectivity index (χ3v) is 5.19. The van der Waals surface area contributed by atoms with Gasteiger partial charge in [0, 0.05) is 23.1 Å². The van der Waals surface area contributed by atoms with E-state index in [2.05, 4.69) is 5.32 Å². The van der Waals surface area contributed by atoms with Crippen molar-refractivity contribution in [1.29, 1.82) is 0 Å². The minimum Gasteiger partial charge on any atom is -0.451 e. The van der Waals surface area contributed by atoms with Gasteiger partial charge >= 0.3 is 5.97 Å². The van der Waals surface area contributed by atoms with Crippen molar-refractivity contribution in [3.63, 3.8) is 0 Å². The molecule has 1 saturated heterocycles. The minimum atomic E-state index is -0.502. The highest BCUT2D eigenvalue weighted by Crippen LogP contribution is 2.29. The molecule has 1 aliphatic heterocycles. The second-order valence-corrected chi connectivity index (χ2v) is 7.21. The Morgan fingerprint density at radius 3 is 2.76 bits per heavy atom. The summed E-state index contributed by atoms with van der Waals surface area (Å²) in [5.74, 6) is -0.823. The van der Waals surface area contributed by atoms with Crippen LogP contribution in [-0.4, -0.2) is 37.7 Å². The first-order valence-electron chi connectivity index (χ1n) is 8.03. The molecule has 1 amide bonds. The Hall–Kier alpha value is -1.89. The van der Waals surface area contributed by atoms with Gasteiger partial charge in [0.25, 0.3) is 5.91 Å². The maximum atomic E-state index is 12.1. The van der Waals surface area contributed by atoms with Crippen LogP contribution >= 0.6 is 22.9 Å². The summed E-state index contributed by atoms with van der Waals surface area (Å²) in [6.07, 6.45) is 2.03. The van der Waals surface area contributed by atoms with Crippen molar-refractivity contribution in [1.82, 2.24) is 5.32 Å². The van der Waals surface area contributed by atoms with Crippen molar-refractivity contribution >= 4 is 34.8 Å². The summed E-state index contributed by atoms with van der Waals surface area (Å²) in [5.41, 5.74) is 0.975. The molecule has 3 rings (SSSR count). The number of esters is 1. The molecular weight excluding hydrogens is 362 g/mol. The Labute approximate surface area is 154 Å². The summed E-state index contributed by atoms with van der Waals surface area (Å²) in [4.78, 5) is 25.2. The second kappa shape index (κ2) is 8.47. The molecule has 0 aliphatic carbocycles. The van der Waals surface area contributed by atoms with Crippen LogP contribution in [0.2, 0.25) is 5.02 Å². The van der Waals surface area contributed by atoms with Gasteiger partial charge in [0.1, 0.15) is 4.88 Å². The van der Waals surface area contributed by atoms with Gasteiger partial charge in [-0.3, -0.25) is 4.79 Å². The summed E-state index contributed by atoms with van der Waals surface area (Å²) >= 11 is 7.19. The first-order valence-corrected chi connectivity index (χ1v) is 9.22. The van der Waals surface area contributed by atoms with Gasteiger partial charge in [0.2, 0.25) is 0 Å². The van der Waals surface area contributed by atoms with Crippen LogP contribution in [0.5, 0.6) is 0 Å². The summed E-state index contributed by atoms with van der Waals surface area (Å²) in [6, 6.07) is 10.9. The number of hydrogen-bond acceptors (Lipinski definition) is 5. The number of benzene rings is 1. The van der Waals surface area contributed by atoms with E-state index in [4.69, 9.17) is 21.1 Å². The topological polar surface area (TPSA) is 64.6 Å². The second-order valence-electron chi connectivity index (χ2n) is 5.69. The Morgan fingerprint density at radius 1 is 1.24 bits per heavy atom. The number of carbonyl (C=O) groups is 2. The Kier molecular flexibility index (Phi) is 6.07. The predicted octanol–water partition coefficient (Wildman–Crippen LogP) is 3.52. The third kappa shape index (κ3) is 5.04. The van der Waals surface area contributed by atoms with E-state index in [0.717, 1.165) is 29.9 Å². The van der Waals surface area contributed by atoms with Crippen LogP contribution in [0.25, 0.3) is 10.4 Å². The number of hydrogen-bond donors (Lipinski definition) is 1. The van der Waals surface area contributed by atoms with E-state index in [1.807, 2.05) is 18.2 Å². The Morgan fingerprint density at radius 2 is 2.04 bits per heavy atom. The lowest BCUT2D eigenvalue weighted by Gasteiger charge is -2.10.